The number of hydrogen-bond acceptors (Lipinski definition) is 2. The molecule has 144 valence electrons. The molecule has 1 atom stereocenters. The summed E-state index contributed by atoms with van der Waals surface area (Å²) in [5.74, 6) is 0.729. The number of hydrogen-bond donors (Lipinski definition) is 1. The van der Waals surface area contributed by atoms with Crippen LogP contribution >= 0.6 is 0 Å². The van der Waals surface area contributed by atoms with E-state index in [0.29, 0.717) is 0 Å². The number of ether oxygens (including phenoxy) is 1. The van der Waals surface area contributed by atoms with Gasteiger partial charge in [0.05, 0.1) is 0 Å². The van der Waals surface area contributed by atoms with Gasteiger partial charge in [-0.15, -0.1) is 0 Å². The standard InChI is InChI=1S/C24H31NO2/c1-18(16-24(2,3)21-11-5-4-6-12-21)25-23(26)17-27-22-14-13-19-9-7-8-10-20(19)15-22/h4-6,11-15,18H,7-10,16-17H2,1-3H3,(H,25,26). The Morgan fingerprint density at radius 1 is 1.07 bits per heavy atom. The van der Waals surface area contributed by atoms with E-state index in [9.17, 15) is 4.79 Å². The van der Waals surface area contributed by atoms with Crippen molar-refractivity contribution in [3.8, 4) is 5.75 Å². The van der Waals surface area contributed by atoms with Crippen LogP contribution in [0.15, 0.2) is 48.5 Å². The van der Waals surface area contributed by atoms with Crippen LogP contribution < -0.4 is 10.1 Å². The maximum absolute atomic E-state index is 12.3. The number of amides is 1. The fourth-order valence-corrected chi connectivity index (χ4v) is 4.09. The van der Waals surface area contributed by atoms with Crippen molar-refractivity contribution in [1.82, 2.24) is 5.32 Å². The minimum atomic E-state index is -0.0657. The van der Waals surface area contributed by atoms with Crippen molar-refractivity contribution < 1.29 is 9.53 Å². The number of fused-ring (bicyclic) bond motifs is 1. The maximum atomic E-state index is 12.3. The number of benzene rings is 2. The second-order valence-electron chi connectivity index (χ2n) is 8.35. The molecule has 27 heavy (non-hydrogen) atoms. The third-order valence-corrected chi connectivity index (χ3v) is 5.47. The second kappa shape index (κ2) is 8.60. The SMILES string of the molecule is CC(CC(C)(C)c1ccccc1)NC(=O)COc1ccc2c(c1)CCCC2. The number of carbonyl (C=O) groups is 1. The van der Waals surface area contributed by atoms with Gasteiger partial charge in [-0.1, -0.05) is 50.2 Å². The Hall–Kier alpha value is -2.29. The second-order valence-corrected chi connectivity index (χ2v) is 8.35. The minimum absolute atomic E-state index is 0.00725. The molecule has 0 heterocycles. The van der Waals surface area contributed by atoms with Crippen molar-refractivity contribution in [1.29, 1.82) is 0 Å². The molecular weight excluding hydrogens is 334 g/mol. The molecule has 3 nitrogen and oxygen atoms in total. The summed E-state index contributed by atoms with van der Waals surface area (Å²) in [6.45, 7) is 6.56. The van der Waals surface area contributed by atoms with E-state index in [1.165, 1.54) is 29.5 Å². The smallest absolute Gasteiger partial charge is 0.258 e. The van der Waals surface area contributed by atoms with E-state index < -0.39 is 0 Å². The van der Waals surface area contributed by atoms with Gasteiger partial charge in [0.15, 0.2) is 6.61 Å². The summed E-state index contributed by atoms with van der Waals surface area (Å²) >= 11 is 0. The van der Waals surface area contributed by atoms with Gasteiger partial charge in [0.2, 0.25) is 0 Å². The molecule has 3 heteroatoms. The van der Waals surface area contributed by atoms with Gasteiger partial charge in [-0.25, -0.2) is 0 Å². The molecule has 1 aliphatic rings. The van der Waals surface area contributed by atoms with E-state index in [2.05, 4.69) is 62.5 Å². The lowest BCUT2D eigenvalue weighted by atomic mass is 9.79. The van der Waals surface area contributed by atoms with Gasteiger partial charge in [0.25, 0.3) is 5.91 Å². The van der Waals surface area contributed by atoms with Crippen molar-refractivity contribution in [2.24, 2.45) is 0 Å². The molecule has 0 radical (unpaired) electrons. The molecule has 2 aromatic carbocycles. The predicted octanol–water partition coefficient (Wildman–Crippen LogP) is 4.82. The number of aryl methyl sites for hydroxylation is 2. The molecular formula is C24H31NO2. The van der Waals surface area contributed by atoms with E-state index in [1.807, 2.05) is 12.1 Å². The fourth-order valence-electron chi connectivity index (χ4n) is 4.09. The monoisotopic (exact) mass is 365 g/mol. The topological polar surface area (TPSA) is 38.3 Å². The van der Waals surface area contributed by atoms with Crippen LogP contribution in [0.2, 0.25) is 0 Å². The zero-order chi connectivity index (χ0) is 19.3. The summed E-state index contributed by atoms with van der Waals surface area (Å²) < 4.78 is 5.74. The van der Waals surface area contributed by atoms with Crippen LogP contribution in [0.5, 0.6) is 5.75 Å². The highest BCUT2D eigenvalue weighted by Crippen LogP contribution is 2.28. The normalized spacial score (nSPS) is 14.9. The first-order chi connectivity index (χ1) is 12.9. The Bertz CT molecular complexity index is 767. The highest BCUT2D eigenvalue weighted by molar-refractivity contribution is 5.77. The lowest BCUT2D eigenvalue weighted by Gasteiger charge is -2.29. The van der Waals surface area contributed by atoms with Crippen LogP contribution in [-0.4, -0.2) is 18.6 Å². The minimum Gasteiger partial charge on any atom is -0.484 e. The van der Waals surface area contributed by atoms with E-state index >= 15 is 0 Å². The lowest BCUT2D eigenvalue weighted by Crippen LogP contribution is -2.39. The molecule has 0 spiro atoms. The predicted molar refractivity (Wildman–Crippen MR) is 110 cm³/mol. The Morgan fingerprint density at radius 3 is 2.52 bits per heavy atom. The molecule has 1 amide bonds. The van der Waals surface area contributed by atoms with Crippen molar-refractivity contribution in [2.45, 2.75) is 64.3 Å². The molecule has 2 aromatic rings. The van der Waals surface area contributed by atoms with E-state index in [0.717, 1.165) is 25.0 Å². The summed E-state index contributed by atoms with van der Waals surface area (Å²) in [4.78, 5) is 12.3. The van der Waals surface area contributed by atoms with E-state index in [4.69, 9.17) is 4.74 Å². The zero-order valence-corrected chi connectivity index (χ0v) is 16.8. The maximum Gasteiger partial charge on any atom is 0.258 e. The van der Waals surface area contributed by atoms with Gasteiger partial charge in [0.1, 0.15) is 5.75 Å². The quantitative estimate of drug-likeness (QED) is 0.764. The highest BCUT2D eigenvalue weighted by atomic mass is 16.5. The number of carbonyl (C=O) groups excluding carboxylic acids is 1. The zero-order valence-electron chi connectivity index (χ0n) is 16.8. The third kappa shape index (κ3) is 5.35. The van der Waals surface area contributed by atoms with Crippen molar-refractivity contribution in [3.63, 3.8) is 0 Å². The summed E-state index contributed by atoms with van der Waals surface area (Å²) in [5.41, 5.74) is 4.09. The van der Waals surface area contributed by atoms with Crippen LogP contribution in [0.4, 0.5) is 0 Å². The fraction of sp³-hybridized carbons (Fsp3) is 0.458. The van der Waals surface area contributed by atoms with Crippen molar-refractivity contribution >= 4 is 5.91 Å². The van der Waals surface area contributed by atoms with Gasteiger partial charge >= 0.3 is 0 Å². The van der Waals surface area contributed by atoms with E-state index in [-0.39, 0.29) is 24.0 Å². The van der Waals surface area contributed by atoms with Gasteiger partial charge in [-0.2, -0.15) is 0 Å². The first-order valence-corrected chi connectivity index (χ1v) is 10.0. The lowest BCUT2D eigenvalue weighted by molar-refractivity contribution is -0.123. The summed E-state index contributed by atoms with van der Waals surface area (Å²) in [5, 5.41) is 3.07. The first kappa shape index (κ1) is 19.5. The molecule has 0 fully saturated rings. The average molecular weight is 366 g/mol. The molecule has 1 N–H and O–H groups in total. The van der Waals surface area contributed by atoms with Crippen LogP contribution in [0, 0.1) is 0 Å². The number of nitrogens with one attached hydrogen (secondary N) is 1. The molecule has 0 saturated heterocycles. The first-order valence-electron chi connectivity index (χ1n) is 10.0. The van der Waals surface area contributed by atoms with Crippen molar-refractivity contribution in [2.75, 3.05) is 6.61 Å². The Kier molecular flexibility index (Phi) is 6.20. The van der Waals surface area contributed by atoms with Crippen LogP contribution in [0.25, 0.3) is 0 Å². The number of rotatable bonds is 7. The molecule has 3 rings (SSSR count). The molecule has 0 aliphatic heterocycles. The highest BCUT2D eigenvalue weighted by Gasteiger charge is 2.24. The van der Waals surface area contributed by atoms with Gasteiger partial charge in [-0.05, 0) is 73.3 Å². The van der Waals surface area contributed by atoms with Crippen LogP contribution in [0.3, 0.4) is 0 Å². The van der Waals surface area contributed by atoms with Crippen LogP contribution in [0.1, 0.15) is 56.7 Å². The molecule has 0 aromatic heterocycles. The molecule has 0 bridgehead atoms. The summed E-state index contributed by atoms with van der Waals surface area (Å²) in [6.07, 6.45) is 5.66. The van der Waals surface area contributed by atoms with Gasteiger partial charge in [0, 0.05) is 6.04 Å². The summed E-state index contributed by atoms with van der Waals surface area (Å²) in [6, 6.07) is 16.8. The molecule has 1 aliphatic carbocycles. The largest absolute Gasteiger partial charge is 0.484 e. The van der Waals surface area contributed by atoms with Crippen molar-refractivity contribution in [3.05, 3.63) is 65.2 Å². The Balaban J connectivity index is 1.49. The van der Waals surface area contributed by atoms with E-state index in [1.54, 1.807) is 0 Å². The van der Waals surface area contributed by atoms with Crippen LogP contribution in [-0.2, 0) is 23.1 Å². The summed E-state index contributed by atoms with van der Waals surface area (Å²) in [7, 11) is 0. The Labute approximate surface area is 163 Å². The average Bonchev–Trinajstić information content (AvgIpc) is 2.66. The van der Waals surface area contributed by atoms with Gasteiger partial charge in [-0.3, -0.25) is 4.79 Å². The van der Waals surface area contributed by atoms with Gasteiger partial charge < -0.3 is 10.1 Å². The Morgan fingerprint density at radius 2 is 1.78 bits per heavy atom. The molecule has 1 unspecified atom stereocenters. The third-order valence-electron chi connectivity index (χ3n) is 5.47. The molecule has 0 saturated carbocycles.